The molecule has 2 fully saturated rings. The van der Waals surface area contributed by atoms with Crippen LogP contribution in [0.4, 0.5) is 4.39 Å². The maximum Gasteiger partial charge on any atom is 0.255 e. The largest absolute Gasteiger partial charge is 0.347 e. The number of carbonyl (C=O) groups excluding carboxylic acids is 1. The molecule has 0 saturated carbocycles. The van der Waals surface area contributed by atoms with Crippen molar-refractivity contribution in [3.8, 4) is 0 Å². The van der Waals surface area contributed by atoms with Gasteiger partial charge in [0.2, 0.25) is 10.0 Å². The molecule has 188 valence electrons. The predicted octanol–water partition coefficient (Wildman–Crippen LogP) is 3.87. The summed E-state index contributed by atoms with van der Waals surface area (Å²) in [5, 5.41) is 2.88. The molecule has 3 aromatic carbocycles. The Labute approximate surface area is 209 Å². The zero-order valence-corrected chi connectivity index (χ0v) is 20.4. The van der Waals surface area contributed by atoms with Crippen molar-refractivity contribution in [2.24, 2.45) is 0 Å². The molecular formula is C27H27FN2O5S. The fraction of sp³-hybridized carbons (Fsp3) is 0.296. The maximum absolute atomic E-state index is 14.8. The van der Waals surface area contributed by atoms with Crippen LogP contribution in [0.2, 0.25) is 0 Å². The van der Waals surface area contributed by atoms with Crippen molar-refractivity contribution >= 4 is 15.9 Å². The van der Waals surface area contributed by atoms with Gasteiger partial charge in [0.1, 0.15) is 5.82 Å². The molecule has 1 N–H and O–H groups in total. The number of nitrogens with one attached hydrogen (secondary N) is 1. The van der Waals surface area contributed by atoms with Gasteiger partial charge in [-0.1, -0.05) is 60.7 Å². The molecule has 2 aliphatic rings. The summed E-state index contributed by atoms with van der Waals surface area (Å²) in [6, 6.07) is 21.4. The van der Waals surface area contributed by atoms with Crippen molar-refractivity contribution in [3.05, 3.63) is 101 Å². The van der Waals surface area contributed by atoms with Crippen LogP contribution >= 0.6 is 0 Å². The van der Waals surface area contributed by atoms with E-state index in [1.165, 1.54) is 10.4 Å². The second-order valence-corrected chi connectivity index (χ2v) is 10.8. The van der Waals surface area contributed by atoms with Gasteiger partial charge in [-0.15, -0.1) is 0 Å². The summed E-state index contributed by atoms with van der Waals surface area (Å²) in [7, 11) is -3.94. The van der Waals surface area contributed by atoms with Crippen molar-refractivity contribution < 1.29 is 27.1 Å². The fourth-order valence-corrected chi connectivity index (χ4v) is 6.17. The minimum absolute atomic E-state index is 0.130. The van der Waals surface area contributed by atoms with Gasteiger partial charge in [0.15, 0.2) is 5.79 Å². The van der Waals surface area contributed by atoms with Crippen LogP contribution in [0.5, 0.6) is 0 Å². The van der Waals surface area contributed by atoms with Gasteiger partial charge in [0.05, 0.1) is 29.7 Å². The topological polar surface area (TPSA) is 84.9 Å². The highest BCUT2D eigenvalue weighted by molar-refractivity contribution is 7.89. The number of ether oxygens (including phenoxy) is 2. The molecule has 9 heteroatoms. The molecule has 3 aromatic rings. The highest BCUT2D eigenvalue weighted by Gasteiger charge is 2.42. The van der Waals surface area contributed by atoms with Crippen LogP contribution in [0.15, 0.2) is 83.8 Å². The maximum atomic E-state index is 14.8. The van der Waals surface area contributed by atoms with E-state index in [9.17, 15) is 17.6 Å². The summed E-state index contributed by atoms with van der Waals surface area (Å²) in [5.74, 6) is -2.21. The van der Waals surface area contributed by atoms with Crippen LogP contribution in [0.3, 0.4) is 0 Å². The third kappa shape index (κ3) is 4.92. The van der Waals surface area contributed by atoms with Gasteiger partial charge in [-0.05, 0) is 29.3 Å². The molecule has 1 amide bonds. The number of amides is 1. The van der Waals surface area contributed by atoms with E-state index < -0.39 is 33.6 Å². The highest BCUT2D eigenvalue weighted by Crippen LogP contribution is 2.33. The molecule has 2 aliphatic heterocycles. The highest BCUT2D eigenvalue weighted by atomic mass is 32.2. The molecule has 0 unspecified atom stereocenters. The zero-order chi connectivity index (χ0) is 25.2. The third-order valence-corrected chi connectivity index (χ3v) is 8.55. The van der Waals surface area contributed by atoms with Crippen LogP contribution in [0, 0.1) is 5.82 Å². The molecule has 1 spiro atoms. The number of hydrogen-bond acceptors (Lipinski definition) is 5. The monoisotopic (exact) mass is 510 g/mol. The van der Waals surface area contributed by atoms with Crippen molar-refractivity contribution in [1.82, 2.24) is 9.62 Å². The predicted molar refractivity (Wildman–Crippen MR) is 131 cm³/mol. The first kappa shape index (κ1) is 24.6. The van der Waals surface area contributed by atoms with E-state index in [-0.39, 0.29) is 23.5 Å². The van der Waals surface area contributed by atoms with Gasteiger partial charge < -0.3 is 14.8 Å². The second-order valence-electron chi connectivity index (χ2n) is 8.88. The van der Waals surface area contributed by atoms with Gasteiger partial charge in [-0.25, -0.2) is 12.8 Å². The lowest BCUT2D eigenvalue weighted by atomic mass is 9.98. The van der Waals surface area contributed by atoms with Crippen LogP contribution in [-0.2, 0) is 19.5 Å². The molecule has 0 bridgehead atoms. The quantitative estimate of drug-likeness (QED) is 0.544. The van der Waals surface area contributed by atoms with Gasteiger partial charge in [0, 0.05) is 25.9 Å². The average Bonchev–Trinajstić information content (AvgIpc) is 3.36. The Morgan fingerprint density at radius 1 is 0.889 bits per heavy atom. The molecule has 36 heavy (non-hydrogen) atoms. The van der Waals surface area contributed by atoms with Crippen molar-refractivity contribution in [1.29, 1.82) is 0 Å². The molecule has 5 rings (SSSR count). The lowest BCUT2D eigenvalue weighted by Gasteiger charge is -2.36. The number of piperidine rings is 1. The number of halogens is 1. The third-order valence-electron chi connectivity index (χ3n) is 6.66. The lowest BCUT2D eigenvalue weighted by Crippen LogP contribution is -2.47. The summed E-state index contributed by atoms with van der Waals surface area (Å²) in [5.41, 5.74) is 1.31. The first-order valence-corrected chi connectivity index (χ1v) is 13.3. The summed E-state index contributed by atoms with van der Waals surface area (Å²) in [6.45, 7) is 1.42. The van der Waals surface area contributed by atoms with Crippen LogP contribution in [0.25, 0.3) is 0 Å². The number of hydrogen-bond donors (Lipinski definition) is 1. The minimum atomic E-state index is -3.94. The van der Waals surface area contributed by atoms with E-state index in [1.807, 2.05) is 60.7 Å². The van der Waals surface area contributed by atoms with Crippen molar-refractivity contribution in [2.45, 2.75) is 29.6 Å². The number of nitrogens with zero attached hydrogens (tertiary/aromatic N) is 1. The van der Waals surface area contributed by atoms with E-state index in [1.54, 1.807) is 0 Å². The molecule has 0 aliphatic carbocycles. The summed E-state index contributed by atoms with van der Waals surface area (Å²) in [6.07, 6.45) is 0.827. The van der Waals surface area contributed by atoms with Crippen LogP contribution in [0.1, 0.15) is 40.4 Å². The first-order chi connectivity index (χ1) is 17.4. The Balaban J connectivity index is 1.39. The second kappa shape index (κ2) is 10.1. The Kier molecular flexibility index (Phi) is 6.90. The average molecular weight is 511 g/mol. The van der Waals surface area contributed by atoms with Crippen molar-refractivity contribution in [3.63, 3.8) is 0 Å². The van der Waals surface area contributed by atoms with E-state index in [0.29, 0.717) is 26.1 Å². The van der Waals surface area contributed by atoms with E-state index in [0.717, 1.165) is 23.3 Å². The SMILES string of the molecule is O=C(NC(c1ccccc1)c1ccccc1)c1cc(S(=O)(=O)N2CCC3(CC2)OCCO3)ccc1F. The summed E-state index contributed by atoms with van der Waals surface area (Å²) < 4.78 is 54.2. The van der Waals surface area contributed by atoms with Crippen LogP contribution < -0.4 is 5.32 Å². The number of sulfonamides is 1. The number of benzene rings is 3. The minimum Gasteiger partial charge on any atom is -0.347 e. The van der Waals surface area contributed by atoms with Crippen molar-refractivity contribution in [2.75, 3.05) is 26.3 Å². The van der Waals surface area contributed by atoms with E-state index in [2.05, 4.69) is 5.32 Å². The standard InChI is InChI=1S/C27H27FN2O5S/c28-24-12-11-22(36(32,33)30-15-13-27(14-16-30)34-17-18-35-27)19-23(24)26(31)29-25(20-7-3-1-4-8-20)21-9-5-2-6-10-21/h1-12,19,25H,13-18H2,(H,29,31). The molecule has 0 atom stereocenters. The molecule has 7 nitrogen and oxygen atoms in total. The first-order valence-electron chi connectivity index (χ1n) is 11.9. The Morgan fingerprint density at radius 2 is 1.44 bits per heavy atom. The normalized spacial score (nSPS) is 17.9. The Bertz CT molecular complexity index is 1280. The summed E-state index contributed by atoms with van der Waals surface area (Å²) in [4.78, 5) is 13.1. The van der Waals surface area contributed by atoms with Gasteiger partial charge in [0.25, 0.3) is 5.91 Å². The summed E-state index contributed by atoms with van der Waals surface area (Å²) >= 11 is 0. The molecule has 0 radical (unpaired) electrons. The smallest absolute Gasteiger partial charge is 0.255 e. The van der Waals surface area contributed by atoms with Crippen LogP contribution in [-0.4, -0.2) is 50.7 Å². The van der Waals surface area contributed by atoms with E-state index >= 15 is 0 Å². The molecular weight excluding hydrogens is 483 g/mol. The number of rotatable bonds is 6. The lowest BCUT2D eigenvalue weighted by molar-refractivity contribution is -0.179. The van der Waals surface area contributed by atoms with Gasteiger partial charge in [-0.2, -0.15) is 4.31 Å². The molecule has 2 saturated heterocycles. The van der Waals surface area contributed by atoms with Gasteiger partial charge >= 0.3 is 0 Å². The molecule has 0 aromatic heterocycles. The molecule has 2 heterocycles. The van der Waals surface area contributed by atoms with Gasteiger partial charge in [-0.3, -0.25) is 4.79 Å². The zero-order valence-electron chi connectivity index (χ0n) is 19.6. The number of carbonyl (C=O) groups is 1. The Morgan fingerprint density at radius 3 is 2.00 bits per heavy atom. The Hall–Kier alpha value is -3.11. The fourth-order valence-electron chi connectivity index (χ4n) is 4.70. The van der Waals surface area contributed by atoms with E-state index in [4.69, 9.17) is 9.47 Å².